The third kappa shape index (κ3) is 9.61. The van der Waals surface area contributed by atoms with E-state index in [1.807, 2.05) is 75.9 Å². The quantitative estimate of drug-likeness (QED) is 0.328. The van der Waals surface area contributed by atoms with Crippen LogP contribution in [0.3, 0.4) is 0 Å². The predicted octanol–water partition coefficient (Wildman–Crippen LogP) is 3.47. The van der Waals surface area contributed by atoms with E-state index in [-0.39, 0.29) is 35.8 Å². The lowest BCUT2D eigenvalue weighted by molar-refractivity contribution is -0.295. The van der Waals surface area contributed by atoms with Gasteiger partial charge in [0.1, 0.15) is 17.6 Å². The van der Waals surface area contributed by atoms with Crippen LogP contribution < -0.4 is 0 Å². The minimum atomic E-state index is -1.49. The molecular weight excluding hydrogens is 664 g/mol. The fourth-order valence-corrected chi connectivity index (χ4v) is 8.50. The number of aryl methyl sites for hydroxylation is 1. The molecule has 52 heavy (non-hydrogen) atoms. The van der Waals surface area contributed by atoms with E-state index >= 15 is 0 Å². The Kier molecular flexibility index (Phi) is 14.1. The van der Waals surface area contributed by atoms with Gasteiger partial charge in [-0.15, -0.1) is 0 Å². The summed E-state index contributed by atoms with van der Waals surface area (Å²) in [5.74, 6) is -1.60. The van der Waals surface area contributed by atoms with Crippen LogP contribution >= 0.6 is 0 Å². The highest BCUT2D eigenvalue weighted by Crippen LogP contribution is 2.38. The molecule has 0 aliphatic carbocycles. The molecular formula is C40H66N4O8. The number of esters is 1. The Morgan fingerprint density at radius 1 is 1.06 bits per heavy atom. The Morgan fingerprint density at radius 3 is 2.31 bits per heavy atom. The summed E-state index contributed by atoms with van der Waals surface area (Å²) >= 11 is 0. The molecule has 3 aliphatic heterocycles. The van der Waals surface area contributed by atoms with E-state index in [1.54, 1.807) is 27.9 Å². The van der Waals surface area contributed by atoms with E-state index in [2.05, 4.69) is 23.8 Å². The number of cyclic esters (lactones) is 1. The Bertz CT molecular complexity index is 1380. The van der Waals surface area contributed by atoms with Crippen molar-refractivity contribution in [3.63, 3.8) is 0 Å². The van der Waals surface area contributed by atoms with Crippen molar-refractivity contribution in [2.75, 3.05) is 67.5 Å². The Balaban J connectivity index is 1.57. The van der Waals surface area contributed by atoms with Crippen LogP contribution in [0.5, 0.6) is 0 Å². The van der Waals surface area contributed by atoms with Crippen molar-refractivity contribution < 1.29 is 38.4 Å². The molecule has 1 aromatic carbocycles. The number of carbonyl (C=O) groups excluding carboxylic acids is 3. The minimum Gasteiger partial charge on any atom is -0.460 e. The number of Topliss-reactive ketones (excluding diaryl/α,β-unsaturated/α-hetero) is 1. The monoisotopic (exact) mass is 730 g/mol. The predicted molar refractivity (Wildman–Crippen MR) is 200 cm³/mol. The average molecular weight is 731 g/mol. The van der Waals surface area contributed by atoms with Crippen LogP contribution in [0.2, 0.25) is 0 Å². The molecule has 3 aliphatic rings. The summed E-state index contributed by atoms with van der Waals surface area (Å²) < 4.78 is 25.3. The number of hydrogen-bond donors (Lipinski definition) is 1. The first-order valence-electron chi connectivity index (χ1n) is 19.0. The molecule has 1 aromatic rings. The van der Waals surface area contributed by atoms with E-state index in [1.165, 1.54) is 0 Å². The van der Waals surface area contributed by atoms with Gasteiger partial charge in [-0.1, -0.05) is 31.5 Å². The molecule has 10 atom stereocenters. The number of rotatable bonds is 7. The van der Waals surface area contributed by atoms with Crippen LogP contribution in [0, 0.1) is 24.2 Å². The van der Waals surface area contributed by atoms with E-state index in [0.717, 1.165) is 5.56 Å². The number of carbonyl (C=O) groups is 3. The molecule has 0 saturated carbocycles. The van der Waals surface area contributed by atoms with Crippen LogP contribution in [0.4, 0.5) is 0 Å². The summed E-state index contributed by atoms with van der Waals surface area (Å²) in [5, 5.41) is 11.4. The van der Waals surface area contributed by atoms with Gasteiger partial charge >= 0.3 is 5.97 Å². The summed E-state index contributed by atoms with van der Waals surface area (Å²) in [5.41, 5.74) is -0.696. The molecule has 12 heteroatoms. The fraction of sp³-hybridized carbons (Fsp3) is 0.775. The summed E-state index contributed by atoms with van der Waals surface area (Å²) in [6.07, 6.45) is -2.30. The molecule has 3 fully saturated rings. The first-order chi connectivity index (χ1) is 24.3. The topological polar surface area (TPSA) is 121 Å². The number of aliphatic hydroxyl groups is 1. The van der Waals surface area contributed by atoms with Gasteiger partial charge < -0.3 is 33.9 Å². The third-order valence-electron chi connectivity index (χ3n) is 11.7. The van der Waals surface area contributed by atoms with Crippen LogP contribution in [0.15, 0.2) is 24.3 Å². The minimum absolute atomic E-state index is 0.0415. The number of piperazine rings is 1. The lowest BCUT2D eigenvalue weighted by Gasteiger charge is -2.47. The highest BCUT2D eigenvalue weighted by molar-refractivity contribution is 6.04. The van der Waals surface area contributed by atoms with Crippen LogP contribution in [0.1, 0.15) is 77.2 Å². The Morgan fingerprint density at radius 2 is 1.71 bits per heavy atom. The molecule has 0 aromatic heterocycles. The lowest BCUT2D eigenvalue weighted by atomic mass is 9.74. The average Bonchev–Trinajstić information content (AvgIpc) is 3.09. The van der Waals surface area contributed by atoms with Gasteiger partial charge in [0.05, 0.1) is 23.9 Å². The number of likely N-dealkylation sites (N-methyl/N-ethyl adjacent to an activating group) is 2. The number of methoxy groups -OCH3 is 1. The Labute approximate surface area is 312 Å². The second-order valence-corrected chi connectivity index (χ2v) is 16.8. The third-order valence-corrected chi connectivity index (χ3v) is 11.7. The van der Waals surface area contributed by atoms with Gasteiger partial charge in [-0.25, -0.2) is 0 Å². The summed E-state index contributed by atoms with van der Waals surface area (Å²) in [6, 6.07) is 7.33. The maximum absolute atomic E-state index is 14.4. The largest absolute Gasteiger partial charge is 0.460 e. The summed E-state index contributed by atoms with van der Waals surface area (Å²) in [6.45, 7) is 18.8. The van der Waals surface area contributed by atoms with E-state index in [9.17, 15) is 19.5 Å². The molecule has 294 valence electrons. The number of aliphatic hydroxyl groups excluding tert-OH is 1. The van der Waals surface area contributed by atoms with Crippen LogP contribution in [0.25, 0.3) is 0 Å². The number of nitrogens with zero attached hydrogens (tertiary/aromatic N) is 4. The zero-order valence-electron chi connectivity index (χ0n) is 33.8. The molecule has 3 saturated heterocycles. The molecule has 0 radical (unpaired) electrons. The van der Waals surface area contributed by atoms with Gasteiger partial charge in [-0.3, -0.25) is 24.2 Å². The number of ether oxygens (including phenoxy) is 4. The van der Waals surface area contributed by atoms with Crippen molar-refractivity contribution in [3.8, 4) is 0 Å². The van der Waals surface area contributed by atoms with Gasteiger partial charge in [0, 0.05) is 63.9 Å². The molecule has 1 N–H and O–H groups in total. The van der Waals surface area contributed by atoms with E-state index in [4.69, 9.17) is 18.9 Å². The molecule has 3 heterocycles. The Hall–Kier alpha value is -2.45. The molecule has 0 bridgehead atoms. The number of amides is 1. The number of ketones is 1. The van der Waals surface area contributed by atoms with Crippen molar-refractivity contribution in [2.45, 2.75) is 117 Å². The highest BCUT2D eigenvalue weighted by Gasteiger charge is 2.52. The maximum Gasteiger partial charge on any atom is 0.319 e. The number of benzene rings is 1. The van der Waals surface area contributed by atoms with Crippen molar-refractivity contribution >= 4 is 17.7 Å². The molecule has 10 unspecified atom stereocenters. The molecule has 12 nitrogen and oxygen atoms in total. The maximum atomic E-state index is 14.4. The standard InChI is InChI=1S/C40H66N4O8/c1-25-14-13-15-30(20-25)36(47)44-18-16-43(17-19-44)24-32-29(5)51-38(48)39(6,7)34(46)28(4)35(40(8,49-12)22-26(2)23-42(32)11)52-37-33(45)31(41(9)10)21-27(3)50-37/h13-15,20,26-29,31-33,35,37,45H,16-19,21-24H2,1-12H3. The molecule has 0 spiro atoms. The number of hydrogen-bond acceptors (Lipinski definition) is 11. The summed E-state index contributed by atoms with van der Waals surface area (Å²) in [7, 11) is 7.51. The van der Waals surface area contributed by atoms with Crippen molar-refractivity contribution in [1.82, 2.24) is 19.6 Å². The van der Waals surface area contributed by atoms with Crippen LogP contribution in [-0.2, 0) is 28.5 Å². The zero-order chi connectivity index (χ0) is 38.7. The molecule has 1 amide bonds. The van der Waals surface area contributed by atoms with Crippen molar-refractivity contribution in [1.29, 1.82) is 0 Å². The SMILES string of the molecule is COC1(C)CC(C)CN(C)C(CN2CCN(C(=O)c3cccc(C)c3)CC2)C(C)OC(=O)C(C)(C)C(=O)C(C)C1OC1OC(C)CC(N(C)C)C1O. The highest BCUT2D eigenvalue weighted by atomic mass is 16.7. The van der Waals surface area contributed by atoms with Gasteiger partial charge in [0.2, 0.25) is 0 Å². The smallest absolute Gasteiger partial charge is 0.319 e. The first-order valence-corrected chi connectivity index (χ1v) is 19.0. The zero-order valence-corrected chi connectivity index (χ0v) is 33.8. The lowest BCUT2D eigenvalue weighted by Crippen LogP contribution is -2.59. The van der Waals surface area contributed by atoms with Crippen molar-refractivity contribution in [2.24, 2.45) is 17.3 Å². The van der Waals surface area contributed by atoms with Gasteiger partial charge in [-0.05, 0) is 93.6 Å². The van der Waals surface area contributed by atoms with E-state index in [0.29, 0.717) is 57.7 Å². The first kappa shape index (κ1) is 42.3. The van der Waals surface area contributed by atoms with E-state index < -0.39 is 47.5 Å². The fourth-order valence-electron chi connectivity index (χ4n) is 8.50. The second kappa shape index (κ2) is 17.3. The second-order valence-electron chi connectivity index (χ2n) is 16.8. The van der Waals surface area contributed by atoms with Crippen LogP contribution in [-0.4, -0.2) is 158 Å². The van der Waals surface area contributed by atoms with Gasteiger partial charge in [0.25, 0.3) is 5.91 Å². The van der Waals surface area contributed by atoms with Gasteiger partial charge in [0.15, 0.2) is 12.1 Å². The van der Waals surface area contributed by atoms with Crippen molar-refractivity contribution in [3.05, 3.63) is 35.4 Å². The normalized spacial score (nSPS) is 36.1. The van der Waals surface area contributed by atoms with Gasteiger partial charge in [-0.2, -0.15) is 0 Å². The summed E-state index contributed by atoms with van der Waals surface area (Å²) in [4.78, 5) is 50.1. The molecule has 4 rings (SSSR count).